The van der Waals surface area contributed by atoms with Gasteiger partial charge >= 0.3 is 8.56 Å². The molecule has 6 heterocycles. The summed E-state index contributed by atoms with van der Waals surface area (Å²) in [5, 5.41) is 0. The molecule has 3 fully saturated rings. The molecule has 6 aliphatic rings. The Morgan fingerprint density at radius 1 is 0.469 bits per heavy atom. The fourth-order valence-electron chi connectivity index (χ4n) is 6.53. The van der Waals surface area contributed by atoms with Crippen LogP contribution in [0, 0.1) is 0 Å². The van der Waals surface area contributed by atoms with E-state index in [0.29, 0.717) is 0 Å². The molecule has 0 N–H and O–H groups in total. The largest absolute Gasteiger partial charge is 0.383 e. The molecule has 0 aromatic heterocycles. The van der Waals surface area contributed by atoms with Crippen LogP contribution in [0.4, 0.5) is 0 Å². The molecule has 0 aromatic rings. The van der Waals surface area contributed by atoms with Crippen molar-refractivity contribution in [2.24, 2.45) is 15.0 Å². The number of nitrogens with zero attached hydrogens (tertiary/aromatic N) is 9. The molecule has 9 nitrogen and oxygen atoms in total. The van der Waals surface area contributed by atoms with Crippen molar-refractivity contribution in [3.63, 3.8) is 0 Å². The van der Waals surface area contributed by atoms with E-state index < -0.39 is 8.56 Å². The lowest BCUT2D eigenvalue weighted by Crippen LogP contribution is -2.82. The average Bonchev–Trinajstić information content (AvgIpc) is 2.87. The molecule has 0 aromatic carbocycles. The average molecular weight is 458 g/mol. The van der Waals surface area contributed by atoms with Gasteiger partial charge in [-0.25, -0.2) is 0 Å². The van der Waals surface area contributed by atoms with E-state index in [0.717, 1.165) is 78.5 Å². The smallest absolute Gasteiger partial charge is 0.343 e. The monoisotopic (exact) mass is 457 g/mol. The van der Waals surface area contributed by atoms with Crippen LogP contribution in [0.15, 0.2) is 15.0 Å². The van der Waals surface area contributed by atoms with Gasteiger partial charge in [0.25, 0.3) is 0 Å². The SMILES string of the molecule is C[Si](N1CCCN2CCCN=C21)(N1CCCN2CCCN=C21)N1CCCN2CCCN=C21. The molecule has 0 atom stereocenters. The summed E-state index contributed by atoms with van der Waals surface area (Å²) in [7, 11) is -2.39. The summed E-state index contributed by atoms with van der Waals surface area (Å²) in [4.78, 5) is 23.1. The maximum absolute atomic E-state index is 5.14. The molecule has 6 rings (SSSR count). The summed E-state index contributed by atoms with van der Waals surface area (Å²) in [6.45, 7) is 15.7. The number of fused-ring (bicyclic) bond motifs is 3. The fraction of sp³-hybridized carbons (Fsp3) is 0.864. The molecule has 0 bridgehead atoms. The lowest BCUT2D eigenvalue weighted by atomic mass is 10.2. The van der Waals surface area contributed by atoms with E-state index in [9.17, 15) is 0 Å². The second-order valence-corrected chi connectivity index (χ2v) is 13.6. The normalized spacial score (nSPS) is 26.7. The van der Waals surface area contributed by atoms with Crippen LogP contribution in [0.25, 0.3) is 0 Å². The lowest BCUT2D eigenvalue weighted by molar-refractivity contribution is 0.224. The Morgan fingerprint density at radius 3 is 1.12 bits per heavy atom. The molecule has 0 amide bonds. The summed E-state index contributed by atoms with van der Waals surface area (Å²) in [6, 6.07) is 0. The topological polar surface area (TPSA) is 56.5 Å². The zero-order valence-corrected chi connectivity index (χ0v) is 20.8. The van der Waals surface area contributed by atoms with Crippen molar-refractivity contribution in [3.05, 3.63) is 0 Å². The summed E-state index contributed by atoms with van der Waals surface area (Å²) >= 11 is 0. The van der Waals surface area contributed by atoms with Gasteiger partial charge < -0.3 is 28.4 Å². The quantitative estimate of drug-likeness (QED) is 0.586. The Labute approximate surface area is 193 Å². The third-order valence-electron chi connectivity index (χ3n) is 8.05. The summed E-state index contributed by atoms with van der Waals surface area (Å²) in [5.74, 6) is 3.79. The summed E-state index contributed by atoms with van der Waals surface area (Å²) in [5.41, 5.74) is 0. The van der Waals surface area contributed by atoms with E-state index in [4.69, 9.17) is 15.0 Å². The predicted molar refractivity (Wildman–Crippen MR) is 131 cm³/mol. The van der Waals surface area contributed by atoms with E-state index in [1.807, 2.05) is 0 Å². The van der Waals surface area contributed by atoms with Gasteiger partial charge in [-0.3, -0.25) is 15.0 Å². The Bertz CT molecular complexity index is 709. The highest BCUT2D eigenvalue weighted by Crippen LogP contribution is 2.33. The zero-order chi connectivity index (χ0) is 21.5. The second kappa shape index (κ2) is 8.42. The van der Waals surface area contributed by atoms with E-state index >= 15 is 0 Å². The number of hydrogen-bond acceptors (Lipinski definition) is 9. The molecule has 6 aliphatic heterocycles. The maximum Gasteiger partial charge on any atom is 0.383 e. The first-order valence-electron chi connectivity index (χ1n) is 13.0. The minimum Gasteiger partial charge on any atom is -0.343 e. The van der Waals surface area contributed by atoms with Crippen LogP contribution in [0.2, 0.25) is 6.55 Å². The summed E-state index contributed by atoms with van der Waals surface area (Å²) < 4.78 is 8.28. The first kappa shape index (κ1) is 20.6. The highest BCUT2D eigenvalue weighted by atomic mass is 28.4. The number of hydrogen-bond donors (Lipinski definition) is 0. The van der Waals surface area contributed by atoms with E-state index in [-0.39, 0.29) is 0 Å². The van der Waals surface area contributed by atoms with Crippen LogP contribution in [0.3, 0.4) is 0 Å². The van der Waals surface area contributed by atoms with Gasteiger partial charge in [-0.15, -0.1) is 0 Å². The summed E-state index contributed by atoms with van der Waals surface area (Å²) in [6.07, 6.45) is 7.21. The first-order valence-corrected chi connectivity index (χ1v) is 15.3. The highest BCUT2D eigenvalue weighted by Gasteiger charge is 2.56. The van der Waals surface area contributed by atoms with Crippen LogP contribution in [-0.2, 0) is 0 Å². The lowest BCUT2D eigenvalue weighted by Gasteiger charge is -2.60. The third-order valence-corrected chi connectivity index (χ3v) is 12.4. The first-order chi connectivity index (χ1) is 15.8. The molecule has 0 unspecified atom stereocenters. The third kappa shape index (κ3) is 3.28. The minimum atomic E-state index is -2.39. The molecule has 0 saturated carbocycles. The van der Waals surface area contributed by atoms with Crippen LogP contribution in [-0.4, -0.2) is 133 Å². The Hall–Kier alpha value is -1.97. The molecule has 3 saturated heterocycles. The second-order valence-electron chi connectivity index (χ2n) is 10.1. The van der Waals surface area contributed by atoms with Gasteiger partial charge in [0.05, 0.1) is 0 Å². The predicted octanol–water partition coefficient (Wildman–Crippen LogP) is 0.857. The molecular formula is C22H39N9Si. The number of rotatable bonds is 3. The molecule has 0 aliphatic carbocycles. The Balaban J connectivity index is 1.46. The van der Waals surface area contributed by atoms with Crippen molar-refractivity contribution >= 4 is 26.4 Å². The van der Waals surface area contributed by atoms with Gasteiger partial charge in [0, 0.05) is 78.5 Å². The van der Waals surface area contributed by atoms with Crippen LogP contribution < -0.4 is 0 Å². The molecule has 32 heavy (non-hydrogen) atoms. The van der Waals surface area contributed by atoms with Gasteiger partial charge in [0.1, 0.15) is 0 Å². The fourth-order valence-corrected chi connectivity index (χ4v) is 10.9. The highest BCUT2D eigenvalue weighted by molar-refractivity contribution is 6.77. The van der Waals surface area contributed by atoms with Gasteiger partial charge in [0.15, 0.2) is 17.9 Å². The van der Waals surface area contributed by atoms with Crippen molar-refractivity contribution in [3.8, 4) is 0 Å². The molecule has 0 radical (unpaired) electrons. The van der Waals surface area contributed by atoms with Crippen LogP contribution in [0.5, 0.6) is 0 Å². The van der Waals surface area contributed by atoms with Crippen LogP contribution >= 0.6 is 0 Å². The Morgan fingerprint density at radius 2 is 0.781 bits per heavy atom. The maximum atomic E-state index is 5.14. The molecule has 0 spiro atoms. The van der Waals surface area contributed by atoms with E-state index in [2.05, 4.69) is 34.9 Å². The standard InChI is InChI=1S/C22H39N9Si/c1-32(29-17-5-14-26-11-2-8-23-20(26)29,30-18-6-15-27-12-3-9-24-21(27)30)31-19-7-16-28-13-4-10-25-22(28)31/h2-19H2,1H3. The van der Waals surface area contributed by atoms with Crippen molar-refractivity contribution in [2.75, 3.05) is 78.5 Å². The minimum absolute atomic E-state index is 0.965. The molecular weight excluding hydrogens is 418 g/mol. The zero-order valence-electron chi connectivity index (χ0n) is 19.8. The van der Waals surface area contributed by atoms with Crippen molar-refractivity contribution in [1.29, 1.82) is 0 Å². The van der Waals surface area contributed by atoms with Crippen molar-refractivity contribution < 1.29 is 0 Å². The van der Waals surface area contributed by atoms with Gasteiger partial charge in [-0.2, -0.15) is 0 Å². The molecule has 176 valence electrons. The Kier molecular flexibility index (Phi) is 5.43. The van der Waals surface area contributed by atoms with E-state index in [1.54, 1.807) is 0 Å². The van der Waals surface area contributed by atoms with Gasteiger partial charge in [-0.1, -0.05) is 0 Å². The van der Waals surface area contributed by atoms with Crippen LogP contribution in [0.1, 0.15) is 38.5 Å². The molecule has 10 heteroatoms. The van der Waals surface area contributed by atoms with Gasteiger partial charge in [-0.05, 0) is 45.1 Å². The van der Waals surface area contributed by atoms with Gasteiger partial charge in [0.2, 0.25) is 0 Å². The number of aliphatic imine (C=N–C) groups is 3. The number of guanidine groups is 3. The van der Waals surface area contributed by atoms with E-state index in [1.165, 1.54) is 56.4 Å². The van der Waals surface area contributed by atoms with Crippen molar-refractivity contribution in [2.45, 2.75) is 45.1 Å². The van der Waals surface area contributed by atoms with Crippen molar-refractivity contribution in [1.82, 2.24) is 28.4 Å².